The van der Waals surface area contributed by atoms with E-state index in [4.69, 9.17) is 9.05 Å². The summed E-state index contributed by atoms with van der Waals surface area (Å²) in [5.41, 5.74) is 0. The number of likely N-dealkylation sites (N-methyl/N-ethyl adjacent to an activating group) is 1. The smallest absolute Gasteiger partial charge is 0.268 e. The van der Waals surface area contributed by atoms with Crippen molar-refractivity contribution in [2.45, 2.75) is 154 Å². The number of rotatable bonds is 33. The van der Waals surface area contributed by atoms with E-state index in [1.807, 2.05) is 21.1 Å². The van der Waals surface area contributed by atoms with Gasteiger partial charge in [-0.15, -0.1) is 0 Å². The highest BCUT2D eigenvalue weighted by molar-refractivity contribution is 7.45. The van der Waals surface area contributed by atoms with Crippen molar-refractivity contribution in [3.8, 4) is 0 Å². The lowest BCUT2D eigenvalue weighted by Crippen LogP contribution is -2.46. The van der Waals surface area contributed by atoms with E-state index in [0.717, 1.165) is 77.0 Å². The van der Waals surface area contributed by atoms with Crippen LogP contribution in [0.5, 0.6) is 0 Å². The zero-order chi connectivity index (χ0) is 35.8. The molecule has 3 unspecified atom stereocenters. The molecule has 0 spiro atoms. The standard InChI is InChI=1S/C39H73N2O6P/c1-6-8-10-12-14-16-17-18-19-20-21-22-23-25-27-29-31-33-39(43)40-37(36-47-48(44,45)46-35-34-41(3,4)5)38(42)32-30-28-26-24-15-13-11-9-7-2/h8,10,14,16,18-19,21-22,37-38,42H,6-7,9,11-13,15,17,20,23-36H2,1-5H3,(H-,40,43,44,45)/b10-8-,16-14-,19-18-,22-21-. The molecule has 0 aromatic heterocycles. The summed E-state index contributed by atoms with van der Waals surface area (Å²) in [6.07, 6.45) is 36.9. The molecule has 0 heterocycles. The third-order valence-corrected chi connectivity index (χ3v) is 9.05. The second-order valence-electron chi connectivity index (χ2n) is 13.9. The molecule has 9 heteroatoms. The van der Waals surface area contributed by atoms with Crippen molar-refractivity contribution in [1.29, 1.82) is 0 Å². The van der Waals surface area contributed by atoms with Gasteiger partial charge >= 0.3 is 0 Å². The summed E-state index contributed by atoms with van der Waals surface area (Å²) in [5, 5.41) is 13.8. The predicted molar refractivity (Wildman–Crippen MR) is 201 cm³/mol. The Hall–Kier alpha value is -1.54. The number of quaternary nitrogens is 1. The summed E-state index contributed by atoms with van der Waals surface area (Å²) >= 11 is 0. The molecule has 0 aromatic carbocycles. The topological polar surface area (TPSA) is 108 Å². The zero-order valence-electron chi connectivity index (χ0n) is 31.4. The molecule has 1 amide bonds. The molecule has 0 radical (unpaired) electrons. The molecule has 0 rings (SSSR count). The molecule has 3 atom stereocenters. The number of nitrogens with zero attached hydrogens (tertiary/aromatic N) is 1. The third kappa shape index (κ3) is 33.0. The lowest BCUT2D eigenvalue weighted by Gasteiger charge is -2.30. The van der Waals surface area contributed by atoms with Crippen LogP contribution >= 0.6 is 7.82 Å². The fraction of sp³-hybridized carbons (Fsp3) is 0.769. The number of hydrogen-bond donors (Lipinski definition) is 2. The maximum atomic E-state index is 12.8. The molecule has 0 saturated heterocycles. The Morgan fingerprint density at radius 2 is 1.27 bits per heavy atom. The van der Waals surface area contributed by atoms with E-state index in [9.17, 15) is 19.4 Å². The summed E-state index contributed by atoms with van der Waals surface area (Å²) in [4.78, 5) is 25.1. The fourth-order valence-electron chi connectivity index (χ4n) is 5.03. The number of carbonyl (C=O) groups is 1. The van der Waals surface area contributed by atoms with Crippen molar-refractivity contribution in [1.82, 2.24) is 5.32 Å². The first-order valence-electron chi connectivity index (χ1n) is 19.0. The van der Waals surface area contributed by atoms with E-state index >= 15 is 0 Å². The fourth-order valence-corrected chi connectivity index (χ4v) is 5.75. The van der Waals surface area contributed by atoms with Crippen LogP contribution in [0, 0.1) is 0 Å². The summed E-state index contributed by atoms with van der Waals surface area (Å²) in [7, 11) is 1.27. The van der Waals surface area contributed by atoms with Crippen LogP contribution < -0.4 is 10.2 Å². The van der Waals surface area contributed by atoms with Crippen molar-refractivity contribution >= 4 is 13.7 Å². The van der Waals surface area contributed by atoms with Crippen molar-refractivity contribution < 1.29 is 32.9 Å². The Bertz CT molecular complexity index is 928. The highest BCUT2D eigenvalue weighted by Gasteiger charge is 2.24. The van der Waals surface area contributed by atoms with Gasteiger partial charge in [0.2, 0.25) is 5.91 Å². The normalized spacial score (nSPS) is 15.2. The molecule has 8 nitrogen and oxygen atoms in total. The molecule has 0 aliphatic heterocycles. The van der Waals surface area contributed by atoms with E-state index in [2.05, 4.69) is 67.8 Å². The molecule has 0 saturated carbocycles. The molecule has 2 N–H and O–H groups in total. The number of phosphoric ester groups is 1. The van der Waals surface area contributed by atoms with Gasteiger partial charge in [-0.05, 0) is 51.4 Å². The van der Waals surface area contributed by atoms with Crippen LogP contribution in [-0.4, -0.2) is 68.5 Å². The lowest BCUT2D eigenvalue weighted by molar-refractivity contribution is -0.870. The van der Waals surface area contributed by atoms with Gasteiger partial charge in [0, 0.05) is 6.42 Å². The van der Waals surface area contributed by atoms with E-state index in [0.29, 0.717) is 23.9 Å². The monoisotopic (exact) mass is 697 g/mol. The number of nitrogens with one attached hydrogen (secondary N) is 1. The number of allylic oxidation sites excluding steroid dienone is 8. The number of phosphoric acid groups is 1. The van der Waals surface area contributed by atoms with Gasteiger partial charge in [-0.1, -0.05) is 133 Å². The summed E-state index contributed by atoms with van der Waals surface area (Å²) in [6, 6.07) is -0.811. The van der Waals surface area contributed by atoms with Gasteiger partial charge in [0.25, 0.3) is 7.82 Å². The number of unbranched alkanes of at least 4 members (excludes halogenated alkanes) is 12. The van der Waals surface area contributed by atoms with Gasteiger partial charge in [-0.25, -0.2) is 0 Å². The van der Waals surface area contributed by atoms with Crippen LogP contribution in [0.3, 0.4) is 0 Å². The molecule has 0 bridgehead atoms. The van der Waals surface area contributed by atoms with E-state index < -0.39 is 20.0 Å². The molecule has 0 aromatic rings. The van der Waals surface area contributed by atoms with Crippen molar-refractivity contribution in [3.05, 3.63) is 48.6 Å². The summed E-state index contributed by atoms with van der Waals surface area (Å²) in [6.45, 7) is 4.53. The van der Waals surface area contributed by atoms with Crippen LogP contribution in [0.1, 0.15) is 142 Å². The molecule has 48 heavy (non-hydrogen) atoms. The van der Waals surface area contributed by atoms with Crippen molar-refractivity contribution in [3.63, 3.8) is 0 Å². The minimum Gasteiger partial charge on any atom is -0.756 e. The van der Waals surface area contributed by atoms with Crippen LogP contribution in [0.25, 0.3) is 0 Å². The highest BCUT2D eigenvalue weighted by atomic mass is 31.2. The van der Waals surface area contributed by atoms with E-state index in [-0.39, 0.29) is 19.1 Å². The van der Waals surface area contributed by atoms with Crippen LogP contribution in [0.2, 0.25) is 0 Å². The first-order chi connectivity index (χ1) is 23.0. The average Bonchev–Trinajstić information content (AvgIpc) is 3.02. The number of amides is 1. The number of hydrogen-bond acceptors (Lipinski definition) is 6. The van der Waals surface area contributed by atoms with Crippen molar-refractivity contribution in [2.24, 2.45) is 0 Å². The molecule has 280 valence electrons. The quantitative estimate of drug-likeness (QED) is 0.0307. The Morgan fingerprint density at radius 1 is 0.750 bits per heavy atom. The Morgan fingerprint density at radius 3 is 1.85 bits per heavy atom. The van der Waals surface area contributed by atoms with Crippen LogP contribution in [0.4, 0.5) is 0 Å². The van der Waals surface area contributed by atoms with Gasteiger partial charge in [0.15, 0.2) is 0 Å². The average molecular weight is 697 g/mol. The molecule has 0 aliphatic rings. The maximum Gasteiger partial charge on any atom is 0.268 e. The second-order valence-corrected chi connectivity index (χ2v) is 15.3. The predicted octanol–water partition coefficient (Wildman–Crippen LogP) is 9.11. The zero-order valence-corrected chi connectivity index (χ0v) is 32.3. The minimum atomic E-state index is -4.56. The lowest BCUT2D eigenvalue weighted by atomic mass is 10.0. The largest absolute Gasteiger partial charge is 0.756 e. The Labute approximate surface area is 295 Å². The van der Waals surface area contributed by atoms with Crippen LogP contribution in [-0.2, 0) is 18.4 Å². The molecule has 0 fully saturated rings. The van der Waals surface area contributed by atoms with Gasteiger partial charge < -0.3 is 28.8 Å². The number of aliphatic hydroxyl groups is 1. The van der Waals surface area contributed by atoms with Gasteiger partial charge in [0.05, 0.1) is 39.9 Å². The molecule has 0 aliphatic carbocycles. The maximum absolute atomic E-state index is 12.8. The Balaban J connectivity index is 4.48. The Kier molecular flexibility index (Phi) is 30.4. The SMILES string of the molecule is CC/C=C\C/C=C\C/C=C\C/C=C\CCCCCCC(=O)NC(COP(=O)([O-])OCC[N+](C)(C)C)C(O)CCCCCCCCCCC. The minimum absolute atomic E-state index is 0.00455. The first-order valence-corrected chi connectivity index (χ1v) is 20.4. The van der Waals surface area contributed by atoms with Gasteiger partial charge in [0.1, 0.15) is 13.2 Å². The van der Waals surface area contributed by atoms with Gasteiger partial charge in [-0.3, -0.25) is 9.36 Å². The highest BCUT2D eigenvalue weighted by Crippen LogP contribution is 2.38. The summed E-state index contributed by atoms with van der Waals surface area (Å²) in [5.74, 6) is -0.194. The van der Waals surface area contributed by atoms with Gasteiger partial charge in [-0.2, -0.15) is 0 Å². The molecular weight excluding hydrogens is 623 g/mol. The number of aliphatic hydroxyl groups excluding tert-OH is 1. The van der Waals surface area contributed by atoms with Crippen LogP contribution in [0.15, 0.2) is 48.6 Å². The van der Waals surface area contributed by atoms with E-state index in [1.54, 1.807) is 0 Å². The van der Waals surface area contributed by atoms with Crippen molar-refractivity contribution in [2.75, 3.05) is 40.9 Å². The van der Waals surface area contributed by atoms with E-state index in [1.165, 1.54) is 38.5 Å². The number of carbonyl (C=O) groups excluding carboxylic acids is 1. The second kappa shape index (κ2) is 31.4. The third-order valence-electron chi connectivity index (χ3n) is 8.08. The summed E-state index contributed by atoms with van der Waals surface area (Å²) < 4.78 is 23.1. The molecular formula is C39H73N2O6P. The first kappa shape index (κ1) is 46.5.